The first-order valence-corrected chi connectivity index (χ1v) is 10.4. The summed E-state index contributed by atoms with van der Waals surface area (Å²) in [5, 5.41) is 0.0379. The van der Waals surface area contributed by atoms with E-state index < -0.39 is 22.9 Å². The minimum absolute atomic E-state index is 0.0127. The van der Waals surface area contributed by atoms with Crippen molar-refractivity contribution in [2.75, 3.05) is 13.8 Å². The molecule has 0 spiro atoms. The highest BCUT2D eigenvalue weighted by atomic mass is 19.4. The van der Waals surface area contributed by atoms with E-state index in [9.17, 15) is 18.0 Å². The van der Waals surface area contributed by atoms with Gasteiger partial charge in [0.15, 0.2) is 0 Å². The zero-order chi connectivity index (χ0) is 23.9. The van der Waals surface area contributed by atoms with Crippen LogP contribution in [0, 0.1) is 0 Å². The molecule has 174 valence electrons. The minimum Gasteiger partial charge on any atom is -0.496 e. The van der Waals surface area contributed by atoms with Crippen LogP contribution in [-0.4, -0.2) is 23.7 Å². The molecular formula is C25H19F3N2O4. The molecule has 1 aliphatic heterocycles. The van der Waals surface area contributed by atoms with Crippen LogP contribution in [0.4, 0.5) is 13.2 Å². The molecule has 0 amide bonds. The number of fused-ring (bicyclic) bond motifs is 3. The molecule has 1 aliphatic rings. The van der Waals surface area contributed by atoms with E-state index in [1.54, 1.807) is 24.4 Å². The van der Waals surface area contributed by atoms with Crippen molar-refractivity contribution in [1.29, 1.82) is 0 Å². The Morgan fingerprint density at radius 1 is 1.09 bits per heavy atom. The Kier molecular flexibility index (Phi) is 5.49. The van der Waals surface area contributed by atoms with E-state index in [0.717, 1.165) is 5.69 Å². The topological polar surface area (TPSA) is 64.8 Å². The molecule has 0 radical (unpaired) electrons. The number of methoxy groups -OCH3 is 1. The quantitative estimate of drug-likeness (QED) is 0.409. The van der Waals surface area contributed by atoms with Gasteiger partial charge in [0, 0.05) is 24.8 Å². The predicted octanol–water partition coefficient (Wildman–Crippen LogP) is 5.23. The Morgan fingerprint density at radius 2 is 1.88 bits per heavy atom. The second-order valence-electron chi connectivity index (χ2n) is 7.83. The van der Waals surface area contributed by atoms with Crippen molar-refractivity contribution in [3.63, 3.8) is 0 Å². The summed E-state index contributed by atoms with van der Waals surface area (Å²) in [6.07, 6.45) is -3.24. The number of nitrogens with zero attached hydrogens (tertiary/aromatic N) is 2. The van der Waals surface area contributed by atoms with Gasteiger partial charge < -0.3 is 13.9 Å². The van der Waals surface area contributed by atoms with Gasteiger partial charge in [0.05, 0.1) is 29.3 Å². The number of halogens is 3. The third-order valence-electron chi connectivity index (χ3n) is 5.65. The molecule has 6 nitrogen and oxygen atoms in total. The summed E-state index contributed by atoms with van der Waals surface area (Å²) in [6, 6.07) is 14.6. The van der Waals surface area contributed by atoms with Gasteiger partial charge in [-0.25, -0.2) is 0 Å². The summed E-state index contributed by atoms with van der Waals surface area (Å²) in [6.45, 7) is 0.883. The van der Waals surface area contributed by atoms with Crippen molar-refractivity contribution in [1.82, 2.24) is 9.88 Å². The first kappa shape index (κ1) is 22.0. The van der Waals surface area contributed by atoms with Crippen molar-refractivity contribution in [2.45, 2.75) is 19.3 Å². The molecule has 9 heteroatoms. The molecule has 34 heavy (non-hydrogen) atoms. The van der Waals surface area contributed by atoms with Crippen molar-refractivity contribution < 1.29 is 27.1 Å². The summed E-state index contributed by atoms with van der Waals surface area (Å²) in [4.78, 5) is 19.6. The number of ether oxygens (including phenoxy) is 2. The van der Waals surface area contributed by atoms with Gasteiger partial charge in [0.1, 0.15) is 23.8 Å². The van der Waals surface area contributed by atoms with E-state index >= 15 is 0 Å². The Balaban J connectivity index is 1.69. The lowest BCUT2D eigenvalue weighted by Gasteiger charge is -2.29. The Hall–Kier alpha value is -3.85. The lowest BCUT2D eigenvalue weighted by molar-refractivity contribution is -0.152. The zero-order valence-corrected chi connectivity index (χ0v) is 18.1. The van der Waals surface area contributed by atoms with Crippen LogP contribution in [0.3, 0.4) is 0 Å². The maximum atomic E-state index is 14.2. The number of hydrogen-bond acceptors (Lipinski definition) is 6. The molecule has 0 saturated heterocycles. The van der Waals surface area contributed by atoms with Crippen LogP contribution in [0.25, 0.3) is 22.1 Å². The first-order valence-electron chi connectivity index (χ1n) is 10.4. The maximum absolute atomic E-state index is 14.2. The van der Waals surface area contributed by atoms with Crippen molar-refractivity contribution in [3.8, 4) is 22.6 Å². The number of alkyl halides is 3. The summed E-state index contributed by atoms with van der Waals surface area (Å²) < 4.78 is 58.9. The molecule has 0 aliphatic carbocycles. The average Bonchev–Trinajstić information content (AvgIpc) is 2.84. The van der Waals surface area contributed by atoms with Gasteiger partial charge in [0.2, 0.25) is 11.2 Å². The lowest BCUT2D eigenvalue weighted by Crippen LogP contribution is -2.32. The van der Waals surface area contributed by atoms with E-state index in [0.29, 0.717) is 17.9 Å². The number of aromatic nitrogens is 1. The summed E-state index contributed by atoms with van der Waals surface area (Å²) in [5.41, 5.74) is -0.334. The van der Waals surface area contributed by atoms with E-state index in [1.165, 1.54) is 31.4 Å². The van der Waals surface area contributed by atoms with Crippen molar-refractivity contribution >= 4 is 11.0 Å². The molecule has 0 saturated carbocycles. The molecular weight excluding hydrogens is 449 g/mol. The molecule has 0 fully saturated rings. The largest absolute Gasteiger partial charge is 0.496 e. The molecule has 0 atom stereocenters. The highest BCUT2D eigenvalue weighted by Crippen LogP contribution is 2.42. The van der Waals surface area contributed by atoms with Crippen LogP contribution >= 0.6 is 0 Å². The zero-order valence-electron chi connectivity index (χ0n) is 18.1. The second-order valence-corrected chi connectivity index (χ2v) is 7.83. The second kappa shape index (κ2) is 8.49. The van der Waals surface area contributed by atoms with Gasteiger partial charge in [-0.15, -0.1) is 0 Å². The fraction of sp³-hybridized carbons (Fsp3) is 0.200. The third kappa shape index (κ3) is 3.88. The molecule has 0 N–H and O–H groups in total. The lowest BCUT2D eigenvalue weighted by atomic mass is 9.99. The Labute approximate surface area is 192 Å². The molecule has 0 bridgehead atoms. The highest BCUT2D eigenvalue weighted by Gasteiger charge is 2.40. The Bertz CT molecular complexity index is 1420. The average molecular weight is 468 g/mol. The van der Waals surface area contributed by atoms with Gasteiger partial charge in [-0.3, -0.25) is 14.7 Å². The standard InChI is InChI=1S/C25H19F3N2O4/c1-32-19-8-3-2-7-16(19)21-22(31)17-9-10-20-18(23(17)34-24(21)25(26,27)28)13-30(14-33-20)12-15-6-4-5-11-29-15/h2-11H,12-14H2,1H3. The molecule has 3 heterocycles. The van der Waals surface area contributed by atoms with E-state index in [2.05, 4.69) is 4.98 Å². The molecule has 4 aromatic rings. The van der Waals surface area contributed by atoms with Crippen molar-refractivity contribution in [3.05, 3.63) is 88.0 Å². The van der Waals surface area contributed by atoms with E-state index in [4.69, 9.17) is 13.9 Å². The van der Waals surface area contributed by atoms with Crippen LogP contribution in [-0.2, 0) is 19.3 Å². The molecule has 0 unspecified atom stereocenters. The SMILES string of the molecule is COc1ccccc1-c1c(C(F)(F)F)oc2c3c(ccc2c1=O)OCN(Cc1ccccn1)C3. The monoisotopic (exact) mass is 468 g/mol. The normalized spacial score (nSPS) is 14.0. The number of hydrogen-bond donors (Lipinski definition) is 0. The van der Waals surface area contributed by atoms with Gasteiger partial charge in [-0.2, -0.15) is 13.2 Å². The van der Waals surface area contributed by atoms with E-state index in [1.807, 2.05) is 17.0 Å². The van der Waals surface area contributed by atoms with E-state index in [-0.39, 0.29) is 35.6 Å². The van der Waals surface area contributed by atoms with Crippen LogP contribution in [0.1, 0.15) is 17.0 Å². The highest BCUT2D eigenvalue weighted by molar-refractivity contribution is 5.88. The van der Waals surface area contributed by atoms with Crippen LogP contribution in [0.15, 0.2) is 70.0 Å². The molecule has 2 aromatic heterocycles. The first-order chi connectivity index (χ1) is 16.4. The summed E-state index contributed by atoms with van der Waals surface area (Å²) >= 11 is 0. The van der Waals surface area contributed by atoms with Gasteiger partial charge in [-0.05, 0) is 30.3 Å². The maximum Gasteiger partial charge on any atom is 0.450 e. The van der Waals surface area contributed by atoms with Gasteiger partial charge >= 0.3 is 6.18 Å². The van der Waals surface area contributed by atoms with Crippen LogP contribution in [0.5, 0.6) is 11.5 Å². The van der Waals surface area contributed by atoms with Crippen LogP contribution in [0.2, 0.25) is 0 Å². The molecule has 5 rings (SSSR count). The minimum atomic E-state index is -4.91. The third-order valence-corrected chi connectivity index (χ3v) is 5.65. The Morgan fingerprint density at radius 3 is 2.62 bits per heavy atom. The smallest absolute Gasteiger partial charge is 0.450 e. The van der Waals surface area contributed by atoms with Crippen LogP contribution < -0.4 is 14.9 Å². The number of benzene rings is 2. The number of para-hydroxylation sites is 1. The van der Waals surface area contributed by atoms with Crippen molar-refractivity contribution in [2.24, 2.45) is 0 Å². The fourth-order valence-electron chi connectivity index (χ4n) is 4.13. The summed E-state index contributed by atoms with van der Waals surface area (Å²) in [7, 11) is 1.33. The fourth-order valence-corrected chi connectivity index (χ4v) is 4.13. The number of pyridine rings is 1. The van der Waals surface area contributed by atoms with Gasteiger partial charge in [-0.1, -0.05) is 24.3 Å². The summed E-state index contributed by atoms with van der Waals surface area (Å²) in [5.74, 6) is -0.849. The molecule has 2 aromatic carbocycles. The number of rotatable bonds is 4. The van der Waals surface area contributed by atoms with Gasteiger partial charge in [0.25, 0.3) is 0 Å². The predicted molar refractivity (Wildman–Crippen MR) is 118 cm³/mol.